The third-order valence-corrected chi connectivity index (χ3v) is 5.38. The highest BCUT2D eigenvalue weighted by molar-refractivity contribution is 5.95. The van der Waals surface area contributed by atoms with Gasteiger partial charge in [0.05, 0.1) is 11.8 Å². The summed E-state index contributed by atoms with van der Waals surface area (Å²) in [4.78, 5) is 37.9. The third kappa shape index (κ3) is 4.97. The Labute approximate surface area is 185 Å². The van der Waals surface area contributed by atoms with Crippen molar-refractivity contribution in [2.45, 2.75) is 18.9 Å². The van der Waals surface area contributed by atoms with Gasteiger partial charge in [-0.25, -0.2) is 0 Å². The highest BCUT2D eigenvalue weighted by atomic mass is 16.5. The second kappa shape index (κ2) is 9.38. The molecule has 4 rings (SSSR count). The molecule has 32 heavy (non-hydrogen) atoms. The summed E-state index contributed by atoms with van der Waals surface area (Å²) in [5, 5.41) is 3.04. The van der Waals surface area contributed by atoms with Gasteiger partial charge in [-0.1, -0.05) is 0 Å². The van der Waals surface area contributed by atoms with Gasteiger partial charge in [0.25, 0.3) is 11.8 Å². The fourth-order valence-electron chi connectivity index (χ4n) is 3.56. The number of nitrogens with two attached hydrogens (primary N) is 1. The number of benzene rings is 2. The average molecular weight is 433 g/mol. The Hall–Kier alpha value is -4.07. The molecule has 2 aromatic carbocycles. The summed E-state index contributed by atoms with van der Waals surface area (Å²) in [6.07, 6.45) is 4.31. The van der Waals surface area contributed by atoms with E-state index in [0.717, 1.165) is 0 Å². The van der Waals surface area contributed by atoms with Crippen LogP contribution in [0.2, 0.25) is 0 Å². The standard InChI is InChI=1S/C24H23N3O5/c25-22(28)16-1-5-20(6-2-16)32-21-7-3-17(4-8-21)23(29)26-19-9-12-27(13-10-19)24(30)18-11-14-31-15-18/h1-8,11,14-15,19H,9-10,12-13H2,(H2,25,28)(H,26,29). The molecule has 1 aliphatic heterocycles. The van der Waals surface area contributed by atoms with Gasteiger partial charge in [0.1, 0.15) is 17.8 Å². The molecule has 2 heterocycles. The topological polar surface area (TPSA) is 115 Å². The Morgan fingerprint density at radius 2 is 1.47 bits per heavy atom. The summed E-state index contributed by atoms with van der Waals surface area (Å²) in [6, 6.07) is 15.0. The summed E-state index contributed by atoms with van der Waals surface area (Å²) < 4.78 is 10.7. The molecule has 0 bridgehead atoms. The first-order valence-corrected chi connectivity index (χ1v) is 10.3. The van der Waals surface area contributed by atoms with Crippen LogP contribution in [0.5, 0.6) is 11.5 Å². The van der Waals surface area contributed by atoms with Crippen molar-refractivity contribution >= 4 is 17.7 Å². The number of nitrogens with one attached hydrogen (secondary N) is 1. The van der Waals surface area contributed by atoms with Crippen LogP contribution in [0.3, 0.4) is 0 Å². The van der Waals surface area contributed by atoms with E-state index in [1.54, 1.807) is 59.5 Å². The molecule has 3 N–H and O–H groups in total. The molecule has 0 atom stereocenters. The van der Waals surface area contributed by atoms with E-state index in [0.29, 0.717) is 54.1 Å². The van der Waals surface area contributed by atoms with E-state index >= 15 is 0 Å². The lowest BCUT2D eigenvalue weighted by molar-refractivity contribution is 0.0697. The zero-order chi connectivity index (χ0) is 22.5. The maximum absolute atomic E-state index is 12.6. The lowest BCUT2D eigenvalue weighted by Gasteiger charge is -2.32. The minimum absolute atomic E-state index is 0.00981. The zero-order valence-corrected chi connectivity index (χ0v) is 17.3. The molecule has 8 nitrogen and oxygen atoms in total. The molecule has 8 heteroatoms. The number of rotatable bonds is 6. The third-order valence-electron chi connectivity index (χ3n) is 5.38. The van der Waals surface area contributed by atoms with Crippen LogP contribution in [0, 0.1) is 0 Å². The summed E-state index contributed by atoms with van der Waals surface area (Å²) in [6.45, 7) is 1.16. The molecule has 0 aliphatic carbocycles. The molecule has 1 fully saturated rings. The minimum Gasteiger partial charge on any atom is -0.472 e. The summed E-state index contributed by atoms with van der Waals surface area (Å²) in [5.74, 6) is 0.413. The van der Waals surface area contributed by atoms with Gasteiger partial charge in [0.15, 0.2) is 0 Å². The number of hydrogen-bond acceptors (Lipinski definition) is 5. The molecule has 1 aliphatic rings. The molecule has 0 spiro atoms. The van der Waals surface area contributed by atoms with Gasteiger partial charge < -0.3 is 25.1 Å². The van der Waals surface area contributed by atoms with Crippen LogP contribution in [-0.4, -0.2) is 41.8 Å². The van der Waals surface area contributed by atoms with Crippen LogP contribution in [0.1, 0.15) is 43.9 Å². The molecule has 164 valence electrons. The van der Waals surface area contributed by atoms with Gasteiger partial charge in [-0.3, -0.25) is 14.4 Å². The fourth-order valence-corrected chi connectivity index (χ4v) is 3.56. The van der Waals surface area contributed by atoms with Crippen molar-refractivity contribution in [2.75, 3.05) is 13.1 Å². The van der Waals surface area contributed by atoms with Crippen molar-refractivity contribution < 1.29 is 23.5 Å². The summed E-state index contributed by atoms with van der Waals surface area (Å²) in [7, 11) is 0. The van der Waals surface area contributed by atoms with Crippen LogP contribution in [0.15, 0.2) is 71.5 Å². The first-order chi connectivity index (χ1) is 15.5. The Kier molecular flexibility index (Phi) is 6.21. The SMILES string of the molecule is NC(=O)c1ccc(Oc2ccc(C(=O)NC3CCN(C(=O)c4ccoc4)CC3)cc2)cc1. The Bertz CT molecular complexity index is 1080. The molecular weight excluding hydrogens is 410 g/mol. The van der Waals surface area contributed by atoms with E-state index < -0.39 is 5.91 Å². The fraction of sp³-hybridized carbons (Fsp3) is 0.208. The smallest absolute Gasteiger partial charge is 0.257 e. The van der Waals surface area contributed by atoms with Gasteiger partial charge >= 0.3 is 0 Å². The summed E-state index contributed by atoms with van der Waals surface area (Å²) in [5.41, 5.74) is 6.70. The maximum atomic E-state index is 12.6. The predicted molar refractivity (Wildman–Crippen MR) is 117 cm³/mol. The molecule has 0 saturated carbocycles. The van der Waals surface area contributed by atoms with E-state index in [1.807, 2.05) is 0 Å². The van der Waals surface area contributed by atoms with Crippen LogP contribution in [0.25, 0.3) is 0 Å². The molecule has 0 radical (unpaired) electrons. The normalized spacial score (nSPS) is 14.1. The highest BCUT2D eigenvalue weighted by Crippen LogP contribution is 2.22. The molecular formula is C24H23N3O5. The number of likely N-dealkylation sites (tertiary alicyclic amines) is 1. The first-order valence-electron chi connectivity index (χ1n) is 10.3. The monoisotopic (exact) mass is 433 g/mol. The number of nitrogens with zero attached hydrogens (tertiary/aromatic N) is 1. The highest BCUT2D eigenvalue weighted by Gasteiger charge is 2.25. The number of ether oxygens (including phenoxy) is 1. The Balaban J connectivity index is 1.28. The van der Waals surface area contributed by atoms with Crippen LogP contribution >= 0.6 is 0 Å². The van der Waals surface area contributed by atoms with Crippen molar-refractivity contribution in [3.05, 3.63) is 83.8 Å². The largest absolute Gasteiger partial charge is 0.472 e. The number of hydrogen-bond donors (Lipinski definition) is 2. The first kappa shape index (κ1) is 21.2. The van der Waals surface area contributed by atoms with Crippen LogP contribution in [0.4, 0.5) is 0 Å². The van der Waals surface area contributed by atoms with Gasteiger partial charge in [0, 0.05) is 30.3 Å². The van der Waals surface area contributed by atoms with Crippen molar-refractivity contribution in [2.24, 2.45) is 5.73 Å². The molecule has 1 saturated heterocycles. The van der Waals surface area contributed by atoms with Crippen molar-refractivity contribution in [1.29, 1.82) is 0 Å². The molecule has 0 unspecified atom stereocenters. The maximum Gasteiger partial charge on any atom is 0.257 e. The number of piperidine rings is 1. The van der Waals surface area contributed by atoms with Gasteiger partial charge in [-0.15, -0.1) is 0 Å². The van der Waals surface area contributed by atoms with Gasteiger partial charge in [0.2, 0.25) is 5.91 Å². The molecule has 1 aromatic heterocycles. The van der Waals surface area contributed by atoms with Crippen LogP contribution < -0.4 is 15.8 Å². The van der Waals surface area contributed by atoms with E-state index in [4.69, 9.17) is 14.9 Å². The Morgan fingerprint density at radius 3 is 2.00 bits per heavy atom. The summed E-state index contributed by atoms with van der Waals surface area (Å²) >= 11 is 0. The quantitative estimate of drug-likeness (QED) is 0.619. The van der Waals surface area contributed by atoms with Crippen LogP contribution in [-0.2, 0) is 0 Å². The number of carbonyl (C=O) groups is 3. The van der Waals surface area contributed by atoms with E-state index in [1.165, 1.54) is 12.5 Å². The van der Waals surface area contributed by atoms with E-state index in [2.05, 4.69) is 5.32 Å². The Morgan fingerprint density at radius 1 is 0.875 bits per heavy atom. The predicted octanol–water partition coefficient (Wildman–Crippen LogP) is 3.21. The minimum atomic E-state index is -0.498. The van der Waals surface area contributed by atoms with E-state index in [9.17, 15) is 14.4 Å². The lowest BCUT2D eigenvalue weighted by atomic mass is 10.0. The molecule has 3 aromatic rings. The number of primary amides is 1. The van der Waals surface area contributed by atoms with Gasteiger partial charge in [-0.2, -0.15) is 0 Å². The second-order valence-electron chi connectivity index (χ2n) is 7.57. The zero-order valence-electron chi connectivity index (χ0n) is 17.3. The number of carbonyl (C=O) groups excluding carboxylic acids is 3. The molecule has 3 amide bonds. The van der Waals surface area contributed by atoms with E-state index in [-0.39, 0.29) is 17.9 Å². The average Bonchev–Trinajstić information content (AvgIpc) is 3.35. The van der Waals surface area contributed by atoms with Crippen molar-refractivity contribution in [1.82, 2.24) is 10.2 Å². The number of amides is 3. The second-order valence-corrected chi connectivity index (χ2v) is 7.57. The lowest BCUT2D eigenvalue weighted by Crippen LogP contribution is -2.46. The van der Waals surface area contributed by atoms with Gasteiger partial charge in [-0.05, 0) is 67.4 Å². The van der Waals surface area contributed by atoms with Crippen molar-refractivity contribution in [3.8, 4) is 11.5 Å². The number of furan rings is 1. The van der Waals surface area contributed by atoms with Crippen molar-refractivity contribution in [3.63, 3.8) is 0 Å².